The Morgan fingerprint density at radius 1 is 0.939 bits per heavy atom. The summed E-state index contributed by atoms with van der Waals surface area (Å²) in [5.74, 6) is -7.14. The molecule has 4 rings (SSSR count). The molecule has 14 atom stereocenters. The number of ether oxygens (including phenoxy) is 6. The lowest BCUT2D eigenvalue weighted by molar-refractivity contribution is -0.366. The minimum Gasteiger partial charge on any atom is -0.478 e. The number of aliphatic carboxylic acids is 1. The van der Waals surface area contributed by atoms with Crippen molar-refractivity contribution >= 4 is 17.8 Å². The third-order valence-electron chi connectivity index (χ3n) is 12.2. The zero-order chi connectivity index (χ0) is 48.6. The van der Waals surface area contributed by atoms with E-state index in [0.717, 1.165) is 11.6 Å². The number of allylic oxidation sites excluding steroid dienone is 9. The molecule has 0 bridgehead atoms. The number of carboxylic acids is 1. The number of hydrogen-bond acceptors (Lipinski definition) is 14. The number of amides is 1. The van der Waals surface area contributed by atoms with Crippen LogP contribution in [0, 0.1) is 17.3 Å². The highest BCUT2D eigenvalue weighted by Gasteiger charge is 2.63. The maximum absolute atomic E-state index is 14.4. The lowest BCUT2D eigenvalue weighted by atomic mass is 9.71. The van der Waals surface area contributed by atoms with E-state index < -0.39 is 103 Å². The van der Waals surface area contributed by atoms with Gasteiger partial charge in [0, 0.05) is 43.9 Å². The van der Waals surface area contributed by atoms with E-state index in [4.69, 9.17) is 33.5 Å². The van der Waals surface area contributed by atoms with Gasteiger partial charge >= 0.3 is 11.9 Å². The van der Waals surface area contributed by atoms with E-state index in [1.807, 2.05) is 26.8 Å². The molecule has 0 aliphatic carbocycles. The number of aliphatic hydroxyl groups is 5. The third kappa shape index (κ3) is 14.7. The number of carbonyl (C=O) groups excluding carboxylic acids is 2. The van der Waals surface area contributed by atoms with Crippen molar-refractivity contribution in [2.45, 2.75) is 134 Å². The average Bonchev–Trinajstić information content (AvgIpc) is 3.64. The summed E-state index contributed by atoms with van der Waals surface area (Å²) in [6.07, 6.45) is 10.3. The van der Waals surface area contributed by atoms with Crippen molar-refractivity contribution in [2.75, 3.05) is 20.3 Å². The van der Waals surface area contributed by atoms with Crippen LogP contribution in [0.3, 0.4) is 0 Å². The Morgan fingerprint density at radius 3 is 2.30 bits per heavy atom. The van der Waals surface area contributed by atoms with Gasteiger partial charge in [0.25, 0.3) is 0 Å². The molecule has 364 valence electrons. The molecule has 3 heterocycles. The SMILES string of the molecule is C/C=C\C=C\[C@@H]1O[C@](O)([C@H](CO[C@@H]2C[C@@H](O)[C@@H](O)[C@@H](C)O2)C(=O)NC/C=C/C=C(\C)C(OC)C(C)C2CC(O)C(/C=C/C=C/C=C/C(=O)O)O2)[C@H](OC(=O)Cc2ccccc2)[C@H](O)C1(C)C. The molecule has 3 aliphatic heterocycles. The molecule has 3 saturated heterocycles. The van der Waals surface area contributed by atoms with E-state index in [-0.39, 0.29) is 31.4 Å². The van der Waals surface area contributed by atoms with Crippen LogP contribution in [-0.2, 0) is 49.2 Å². The van der Waals surface area contributed by atoms with Crippen molar-refractivity contribution in [3.05, 3.63) is 120 Å². The maximum Gasteiger partial charge on any atom is 0.328 e. The first-order valence-electron chi connectivity index (χ1n) is 22.3. The lowest BCUT2D eigenvalue weighted by Gasteiger charge is -2.54. The van der Waals surface area contributed by atoms with Crippen LogP contribution in [0.25, 0.3) is 0 Å². The van der Waals surface area contributed by atoms with Gasteiger partial charge in [-0.05, 0) is 31.9 Å². The molecule has 1 aromatic rings. The predicted octanol–water partition coefficient (Wildman–Crippen LogP) is 3.78. The summed E-state index contributed by atoms with van der Waals surface area (Å²) in [5, 5.41) is 67.7. The molecule has 0 saturated carbocycles. The second-order valence-electron chi connectivity index (χ2n) is 17.5. The molecule has 16 nitrogen and oxygen atoms in total. The van der Waals surface area contributed by atoms with Crippen molar-refractivity contribution in [3.8, 4) is 0 Å². The monoisotopic (exact) mass is 923 g/mol. The topological polar surface area (TPSA) is 240 Å². The minimum absolute atomic E-state index is 0.0477. The molecule has 1 aromatic carbocycles. The second kappa shape index (κ2) is 25.5. The molecule has 7 N–H and O–H groups in total. The Bertz CT molecular complexity index is 1930. The van der Waals surface area contributed by atoms with Crippen LogP contribution >= 0.6 is 0 Å². The van der Waals surface area contributed by atoms with Gasteiger partial charge in [-0.15, -0.1) is 0 Å². The summed E-state index contributed by atoms with van der Waals surface area (Å²) in [6, 6.07) is 8.77. The Labute approximate surface area is 387 Å². The van der Waals surface area contributed by atoms with Gasteiger partial charge in [0.15, 0.2) is 12.4 Å². The Morgan fingerprint density at radius 2 is 1.64 bits per heavy atom. The van der Waals surface area contributed by atoms with Crippen LogP contribution in [0.5, 0.6) is 0 Å². The molecule has 3 aliphatic rings. The largest absolute Gasteiger partial charge is 0.478 e. The van der Waals surface area contributed by atoms with E-state index >= 15 is 0 Å². The highest BCUT2D eigenvalue weighted by molar-refractivity contribution is 5.81. The molecular formula is C50H69NO15. The van der Waals surface area contributed by atoms with Crippen molar-refractivity contribution < 1.29 is 73.4 Å². The lowest BCUT2D eigenvalue weighted by Crippen LogP contribution is -2.71. The van der Waals surface area contributed by atoms with Gasteiger partial charge in [0.1, 0.15) is 24.2 Å². The molecular weight excluding hydrogens is 855 g/mol. The minimum atomic E-state index is -2.68. The van der Waals surface area contributed by atoms with E-state index in [2.05, 4.69) is 5.32 Å². The summed E-state index contributed by atoms with van der Waals surface area (Å²) < 4.78 is 36.1. The van der Waals surface area contributed by atoms with Gasteiger partial charge in [-0.1, -0.05) is 124 Å². The van der Waals surface area contributed by atoms with E-state index in [1.165, 1.54) is 6.08 Å². The summed E-state index contributed by atoms with van der Waals surface area (Å²) in [7, 11) is 1.58. The molecule has 0 spiro atoms. The smallest absolute Gasteiger partial charge is 0.328 e. The van der Waals surface area contributed by atoms with Gasteiger partial charge in [-0.2, -0.15) is 0 Å². The summed E-state index contributed by atoms with van der Waals surface area (Å²) in [6.45, 7) is 9.96. The van der Waals surface area contributed by atoms with Crippen LogP contribution in [0.1, 0.15) is 59.9 Å². The molecule has 1 amide bonds. The van der Waals surface area contributed by atoms with E-state index in [9.17, 15) is 39.9 Å². The first kappa shape index (κ1) is 54.0. The zero-order valence-electron chi connectivity index (χ0n) is 38.8. The van der Waals surface area contributed by atoms with Crippen LogP contribution in [-0.4, -0.2) is 142 Å². The number of hydrogen-bond donors (Lipinski definition) is 7. The van der Waals surface area contributed by atoms with Crippen molar-refractivity contribution in [2.24, 2.45) is 17.3 Å². The third-order valence-corrected chi connectivity index (χ3v) is 12.2. The number of benzene rings is 1. The number of nitrogens with one attached hydrogen (secondary N) is 1. The Hall–Kier alpha value is -4.59. The van der Waals surface area contributed by atoms with E-state index in [0.29, 0.717) is 12.0 Å². The first-order chi connectivity index (χ1) is 31.3. The van der Waals surface area contributed by atoms with Gasteiger partial charge in [0.05, 0.1) is 49.7 Å². The van der Waals surface area contributed by atoms with Crippen LogP contribution in [0.4, 0.5) is 0 Å². The Balaban J connectivity index is 1.55. The number of rotatable bonds is 21. The molecule has 3 fully saturated rings. The summed E-state index contributed by atoms with van der Waals surface area (Å²) in [4.78, 5) is 38.6. The van der Waals surface area contributed by atoms with Gasteiger partial charge in [-0.3, -0.25) is 9.59 Å². The highest BCUT2D eigenvalue weighted by Crippen LogP contribution is 2.46. The fourth-order valence-corrected chi connectivity index (χ4v) is 8.21. The number of carbonyl (C=O) groups is 3. The average molecular weight is 924 g/mol. The second-order valence-corrected chi connectivity index (χ2v) is 17.5. The summed E-state index contributed by atoms with van der Waals surface area (Å²) in [5.41, 5.74) is 0.299. The fourth-order valence-electron chi connectivity index (χ4n) is 8.21. The number of methoxy groups -OCH3 is 1. The first-order valence-corrected chi connectivity index (χ1v) is 22.3. The van der Waals surface area contributed by atoms with Crippen molar-refractivity contribution in [1.82, 2.24) is 5.32 Å². The Kier molecular flexibility index (Phi) is 20.9. The number of aliphatic hydroxyl groups excluding tert-OH is 4. The van der Waals surface area contributed by atoms with E-state index in [1.54, 1.807) is 119 Å². The zero-order valence-corrected chi connectivity index (χ0v) is 38.8. The highest BCUT2D eigenvalue weighted by atomic mass is 16.7. The molecule has 0 aromatic heterocycles. The van der Waals surface area contributed by atoms with Crippen molar-refractivity contribution in [3.63, 3.8) is 0 Å². The predicted molar refractivity (Wildman–Crippen MR) is 244 cm³/mol. The fraction of sp³-hybridized carbons (Fsp3) is 0.540. The maximum atomic E-state index is 14.4. The number of carboxylic acid groups (broad SMARTS) is 1. The molecule has 16 heteroatoms. The van der Waals surface area contributed by atoms with Crippen LogP contribution in [0.15, 0.2) is 115 Å². The van der Waals surface area contributed by atoms with Gasteiger partial charge in [-0.25, -0.2) is 4.79 Å². The molecule has 66 heavy (non-hydrogen) atoms. The van der Waals surface area contributed by atoms with Crippen LogP contribution in [0.2, 0.25) is 0 Å². The summed E-state index contributed by atoms with van der Waals surface area (Å²) >= 11 is 0. The van der Waals surface area contributed by atoms with Crippen molar-refractivity contribution in [1.29, 1.82) is 0 Å². The molecule has 0 radical (unpaired) electrons. The van der Waals surface area contributed by atoms with Gasteiger partial charge in [0.2, 0.25) is 11.7 Å². The molecule has 5 unspecified atom stereocenters. The standard InChI is InChI=1S/C50H69NO15/c1-8-9-13-24-40-49(5,6)46(58)47(65-42(56)27-34-21-14-12-15-22-34)50(60,66-40)35(30-62-43-29-37(53)44(57)33(4)63-43)48(59)51-26-19-18-20-31(2)45(61-7)32(3)39-28-36(52)38(64-39)23-16-10-11-17-25-41(54)55/h8-25,32-33,35-40,43-47,52-53,57-58,60H,26-30H2,1-7H3,(H,51,59)(H,54,55)/b9-8-,11-10+,19-18+,23-16+,24-13+,25-17+,31-20+/t32?,33-,35-,36?,37-,38?,39?,40+,43+,44+,45?,46+,47-,50-/m1/s1. The quantitative estimate of drug-likeness (QED) is 0.0528. The normalized spacial score (nSPS) is 32.2. The number of esters is 1. The van der Waals surface area contributed by atoms with Crippen LogP contribution < -0.4 is 5.32 Å². The van der Waals surface area contributed by atoms with Gasteiger partial charge < -0.3 is 64.4 Å².